The summed E-state index contributed by atoms with van der Waals surface area (Å²) in [4.78, 5) is 3.84. The van der Waals surface area contributed by atoms with E-state index < -0.39 is 5.82 Å². The minimum absolute atomic E-state index is 0.197. The molecule has 0 radical (unpaired) electrons. The average molecular weight is 269 g/mol. The molecule has 2 aromatic carbocycles. The third-order valence-electron chi connectivity index (χ3n) is 2.89. The predicted octanol–water partition coefficient (Wildman–Crippen LogP) is 4.06. The minimum atomic E-state index is -0.399. The average Bonchev–Trinajstić information content (AvgIpc) is 3.02. The Morgan fingerprint density at radius 2 is 1.95 bits per heavy atom. The maximum atomic E-state index is 13.7. The molecule has 3 nitrogen and oxygen atoms in total. The van der Waals surface area contributed by atoms with Crippen molar-refractivity contribution in [2.45, 2.75) is 6.61 Å². The van der Waals surface area contributed by atoms with Crippen LogP contribution in [0.15, 0.2) is 65.5 Å². The van der Waals surface area contributed by atoms with Gasteiger partial charge < -0.3 is 9.15 Å². The molecule has 0 amide bonds. The van der Waals surface area contributed by atoms with Crippen molar-refractivity contribution in [2.24, 2.45) is 0 Å². The third kappa shape index (κ3) is 2.69. The van der Waals surface area contributed by atoms with Crippen LogP contribution in [0.3, 0.4) is 0 Å². The van der Waals surface area contributed by atoms with Gasteiger partial charge in [0.05, 0.1) is 6.20 Å². The van der Waals surface area contributed by atoms with Crippen LogP contribution in [0.5, 0.6) is 5.75 Å². The molecule has 0 saturated carbocycles. The molecule has 0 aliphatic rings. The molecule has 100 valence electrons. The van der Waals surface area contributed by atoms with Gasteiger partial charge in [-0.05, 0) is 23.8 Å². The van der Waals surface area contributed by atoms with Gasteiger partial charge in [0.1, 0.15) is 6.61 Å². The molecule has 3 rings (SSSR count). The van der Waals surface area contributed by atoms with E-state index in [0.29, 0.717) is 12.4 Å². The fourth-order valence-electron chi connectivity index (χ4n) is 1.86. The first kappa shape index (κ1) is 12.4. The number of rotatable bonds is 4. The second kappa shape index (κ2) is 5.57. The van der Waals surface area contributed by atoms with Crippen molar-refractivity contribution in [3.63, 3.8) is 0 Å². The zero-order valence-corrected chi connectivity index (χ0v) is 10.6. The van der Waals surface area contributed by atoms with E-state index in [0.717, 1.165) is 11.1 Å². The van der Waals surface area contributed by atoms with Crippen LogP contribution in [0.1, 0.15) is 5.56 Å². The van der Waals surface area contributed by atoms with Gasteiger partial charge in [-0.1, -0.05) is 30.3 Å². The monoisotopic (exact) mass is 269 g/mol. The van der Waals surface area contributed by atoms with E-state index in [2.05, 4.69) is 4.98 Å². The molecule has 20 heavy (non-hydrogen) atoms. The van der Waals surface area contributed by atoms with E-state index in [-0.39, 0.29) is 5.75 Å². The molecule has 0 unspecified atom stereocenters. The highest BCUT2D eigenvalue weighted by atomic mass is 19.1. The van der Waals surface area contributed by atoms with E-state index in [4.69, 9.17) is 9.15 Å². The van der Waals surface area contributed by atoms with Crippen LogP contribution in [0.4, 0.5) is 4.39 Å². The maximum Gasteiger partial charge on any atom is 0.181 e. The molecule has 4 heteroatoms. The van der Waals surface area contributed by atoms with Crippen LogP contribution in [0, 0.1) is 5.82 Å². The lowest BCUT2D eigenvalue weighted by Gasteiger charge is -2.08. The summed E-state index contributed by atoms with van der Waals surface area (Å²) >= 11 is 0. The summed E-state index contributed by atoms with van der Waals surface area (Å²) in [5.41, 5.74) is 1.71. The number of halogens is 1. The fourth-order valence-corrected chi connectivity index (χ4v) is 1.86. The van der Waals surface area contributed by atoms with Crippen LogP contribution in [-0.2, 0) is 6.61 Å². The van der Waals surface area contributed by atoms with Crippen molar-refractivity contribution in [3.05, 3.63) is 72.5 Å². The predicted molar refractivity (Wildman–Crippen MR) is 72.7 cm³/mol. The van der Waals surface area contributed by atoms with Gasteiger partial charge in [0.15, 0.2) is 23.7 Å². The molecular weight excluding hydrogens is 257 g/mol. The summed E-state index contributed by atoms with van der Waals surface area (Å²) in [5.74, 6) is 0.376. The van der Waals surface area contributed by atoms with E-state index in [9.17, 15) is 4.39 Å². The van der Waals surface area contributed by atoms with Crippen molar-refractivity contribution in [1.29, 1.82) is 0 Å². The lowest BCUT2D eigenvalue weighted by Crippen LogP contribution is -1.97. The Hall–Kier alpha value is -2.62. The molecule has 1 aromatic heterocycles. The van der Waals surface area contributed by atoms with Crippen molar-refractivity contribution >= 4 is 0 Å². The molecule has 0 aliphatic carbocycles. The smallest absolute Gasteiger partial charge is 0.181 e. The zero-order valence-electron chi connectivity index (χ0n) is 10.6. The molecular formula is C16H12FNO2. The van der Waals surface area contributed by atoms with Crippen molar-refractivity contribution in [1.82, 2.24) is 4.98 Å². The normalized spacial score (nSPS) is 10.4. The summed E-state index contributed by atoms with van der Waals surface area (Å²) < 4.78 is 24.5. The first-order valence-corrected chi connectivity index (χ1v) is 6.18. The number of aromatic nitrogens is 1. The Kier molecular flexibility index (Phi) is 3.46. The summed E-state index contributed by atoms with van der Waals surface area (Å²) in [6, 6.07) is 14.2. The van der Waals surface area contributed by atoms with Crippen molar-refractivity contribution in [2.75, 3.05) is 0 Å². The number of ether oxygens (including phenoxy) is 1. The Labute approximate surface area is 115 Å². The Morgan fingerprint density at radius 3 is 2.70 bits per heavy atom. The summed E-state index contributed by atoms with van der Waals surface area (Å²) in [7, 11) is 0. The molecule has 0 saturated heterocycles. The van der Waals surface area contributed by atoms with Crippen LogP contribution < -0.4 is 4.74 Å². The van der Waals surface area contributed by atoms with E-state index in [1.165, 1.54) is 12.5 Å². The Balaban J connectivity index is 1.80. The number of nitrogens with zero attached hydrogens (tertiary/aromatic N) is 1. The molecule has 0 atom stereocenters. The first-order valence-electron chi connectivity index (χ1n) is 6.18. The van der Waals surface area contributed by atoms with Crippen LogP contribution in [-0.4, -0.2) is 4.98 Å². The topological polar surface area (TPSA) is 35.3 Å². The van der Waals surface area contributed by atoms with Gasteiger partial charge in [0.2, 0.25) is 0 Å². The Bertz CT molecular complexity index is 681. The van der Waals surface area contributed by atoms with Crippen LogP contribution in [0.25, 0.3) is 11.3 Å². The zero-order chi connectivity index (χ0) is 13.8. The lowest BCUT2D eigenvalue weighted by molar-refractivity contribution is 0.290. The van der Waals surface area contributed by atoms with Gasteiger partial charge >= 0.3 is 0 Å². The fraction of sp³-hybridized carbons (Fsp3) is 0.0625. The molecule has 1 heterocycles. The molecule has 3 aromatic rings. The number of hydrogen-bond acceptors (Lipinski definition) is 3. The van der Waals surface area contributed by atoms with Crippen LogP contribution in [0.2, 0.25) is 0 Å². The van der Waals surface area contributed by atoms with Gasteiger partial charge in [0, 0.05) is 5.56 Å². The molecule has 0 spiro atoms. The van der Waals surface area contributed by atoms with Crippen molar-refractivity contribution in [3.8, 4) is 17.1 Å². The summed E-state index contributed by atoms with van der Waals surface area (Å²) in [6.07, 6.45) is 2.91. The standard InChI is InChI=1S/C16H12FNO2/c17-14-7-6-13(16-9-18-11-20-16)8-15(14)19-10-12-4-2-1-3-5-12/h1-9,11H,10H2. The number of hydrogen-bond donors (Lipinski definition) is 0. The van der Waals surface area contributed by atoms with Crippen molar-refractivity contribution < 1.29 is 13.5 Å². The van der Waals surface area contributed by atoms with E-state index in [1.54, 1.807) is 18.3 Å². The van der Waals surface area contributed by atoms with Gasteiger partial charge in [-0.3, -0.25) is 0 Å². The summed E-state index contributed by atoms with van der Waals surface area (Å²) in [5, 5.41) is 0. The van der Waals surface area contributed by atoms with Gasteiger partial charge in [0.25, 0.3) is 0 Å². The van der Waals surface area contributed by atoms with E-state index >= 15 is 0 Å². The maximum absolute atomic E-state index is 13.7. The van der Waals surface area contributed by atoms with Gasteiger partial charge in [-0.2, -0.15) is 0 Å². The second-order valence-electron chi connectivity index (χ2n) is 4.29. The second-order valence-corrected chi connectivity index (χ2v) is 4.29. The van der Waals surface area contributed by atoms with E-state index in [1.807, 2.05) is 30.3 Å². The highest BCUT2D eigenvalue weighted by Gasteiger charge is 2.08. The molecule has 0 N–H and O–H groups in total. The largest absolute Gasteiger partial charge is 0.486 e. The first-order chi connectivity index (χ1) is 9.83. The third-order valence-corrected chi connectivity index (χ3v) is 2.89. The Morgan fingerprint density at radius 1 is 1.10 bits per heavy atom. The SMILES string of the molecule is Fc1ccc(-c2cnco2)cc1OCc1ccccc1. The summed E-state index contributed by atoms with van der Waals surface area (Å²) in [6.45, 7) is 0.317. The molecule has 0 fully saturated rings. The number of oxazole rings is 1. The van der Waals surface area contributed by atoms with Gasteiger partial charge in [-0.15, -0.1) is 0 Å². The highest BCUT2D eigenvalue weighted by molar-refractivity contribution is 5.58. The number of benzene rings is 2. The molecule has 0 bridgehead atoms. The highest BCUT2D eigenvalue weighted by Crippen LogP contribution is 2.26. The van der Waals surface area contributed by atoms with Gasteiger partial charge in [-0.25, -0.2) is 9.37 Å². The van der Waals surface area contributed by atoms with Crippen LogP contribution >= 0.6 is 0 Å². The quantitative estimate of drug-likeness (QED) is 0.716. The molecule has 0 aliphatic heterocycles. The minimum Gasteiger partial charge on any atom is -0.486 e. The lowest BCUT2D eigenvalue weighted by atomic mass is 10.1.